The van der Waals surface area contributed by atoms with Crippen LogP contribution in [0.1, 0.15) is 11.3 Å². The van der Waals surface area contributed by atoms with E-state index in [2.05, 4.69) is 16.0 Å². The number of rotatable bonds is 11. The van der Waals surface area contributed by atoms with Gasteiger partial charge in [0.15, 0.2) is 0 Å². The van der Waals surface area contributed by atoms with Crippen LogP contribution >= 0.6 is 23.5 Å². The lowest BCUT2D eigenvalue weighted by molar-refractivity contribution is -0.119. The van der Waals surface area contributed by atoms with E-state index in [4.69, 9.17) is 4.42 Å². The zero-order valence-corrected chi connectivity index (χ0v) is 19.8. The second-order valence-electron chi connectivity index (χ2n) is 7.10. The molecule has 2 aromatic carbocycles. The molecule has 33 heavy (non-hydrogen) atoms. The van der Waals surface area contributed by atoms with Crippen LogP contribution in [0.15, 0.2) is 76.2 Å². The first kappa shape index (κ1) is 24.5. The lowest BCUT2D eigenvalue weighted by atomic mass is 10.2. The number of anilines is 2. The van der Waals surface area contributed by atoms with Crippen molar-refractivity contribution >= 4 is 52.6 Å². The van der Waals surface area contributed by atoms with Gasteiger partial charge in [-0.25, -0.2) is 0 Å². The van der Waals surface area contributed by atoms with Gasteiger partial charge in [0.05, 0.1) is 35.8 Å². The number of hydrogen-bond acceptors (Lipinski definition) is 6. The molecule has 0 saturated heterocycles. The number of furan rings is 1. The van der Waals surface area contributed by atoms with E-state index in [1.807, 2.05) is 49.4 Å². The summed E-state index contributed by atoms with van der Waals surface area (Å²) < 4.78 is 5.19. The smallest absolute Gasteiger partial charge is 0.234 e. The minimum atomic E-state index is -0.210. The van der Waals surface area contributed by atoms with Gasteiger partial charge in [-0.3, -0.25) is 14.4 Å². The highest BCUT2D eigenvalue weighted by Gasteiger charge is 2.11. The van der Waals surface area contributed by atoms with Gasteiger partial charge in [-0.15, -0.1) is 23.5 Å². The minimum absolute atomic E-state index is 0.132. The third-order valence-corrected chi connectivity index (χ3v) is 6.37. The predicted octanol–water partition coefficient (Wildman–Crippen LogP) is 4.31. The van der Waals surface area contributed by atoms with Crippen molar-refractivity contribution < 1.29 is 18.8 Å². The molecule has 3 rings (SSSR count). The van der Waals surface area contributed by atoms with Crippen LogP contribution in [0.25, 0.3) is 0 Å². The van der Waals surface area contributed by atoms with Crippen molar-refractivity contribution in [1.82, 2.24) is 5.32 Å². The van der Waals surface area contributed by atoms with Crippen LogP contribution in [-0.2, 0) is 20.9 Å². The molecule has 1 heterocycles. The topological polar surface area (TPSA) is 100 Å². The quantitative estimate of drug-likeness (QED) is 0.352. The molecule has 0 aliphatic carbocycles. The van der Waals surface area contributed by atoms with Crippen molar-refractivity contribution in [2.45, 2.75) is 18.4 Å². The Morgan fingerprint density at radius 3 is 2.27 bits per heavy atom. The number of thioether (sulfide) groups is 2. The van der Waals surface area contributed by atoms with Crippen molar-refractivity contribution in [2.24, 2.45) is 0 Å². The SMILES string of the molecule is Cc1ccc(NC(=O)CSCC(=O)Nc2ccccc2SCC(=O)NCc2ccco2)cc1. The lowest BCUT2D eigenvalue weighted by Gasteiger charge is -2.11. The second kappa shape index (κ2) is 12.8. The van der Waals surface area contributed by atoms with Crippen LogP contribution in [0.5, 0.6) is 0 Å². The molecule has 0 aliphatic heterocycles. The van der Waals surface area contributed by atoms with Crippen molar-refractivity contribution in [3.8, 4) is 0 Å². The summed E-state index contributed by atoms with van der Waals surface area (Å²) in [6, 6.07) is 18.4. The summed E-state index contributed by atoms with van der Waals surface area (Å²) in [4.78, 5) is 37.3. The monoisotopic (exact) mass is 483 g/mol. The van der Waals surface area contributed by atoms with E-state index >= 15 is 0 Å². The molecule has 0 spiro atoms. The molecule has 172 valence electrons. The van der Waals surface area contributed by atoms with Crippen molar-refractivity contribution in [3.63, 3.8) is 0 Å². The zero-order chi connectivity index (χ0) is 23.5. The number of nitrogens with one attached hydrogen (secondary N) is 3. The first-order valence-electron chi connectivity index (χ1n) is 10.2. The molecule has 0 aliphatic rings. The predicted molar refractivity (Wildman–Crippen MR) is 133 cm³/mol. The standard InChI is InChI=1S/C24H25N3O4S2/c1-17-8-10-18(11-9-17)26-23(29)14-32-15-24(30)27-20-6-2-3-7-21(20)33-16-22(28)25-13-19-5-4-12-31-19/h2-12H,13-16H2,1H3,(H,25,28)(H,26,29)(H,27,30). The van der Waals surface area contributed by atoms with E-state index in [-0.39, 0.29) is 35.0 Å². The van der Waals surface area contributed by atoms with Crippen molar-refractivity contribution in [3.05, 3.63) is 78.3 Å². The molecule has 3 N–H and O–H groups in total. The van der Waals surface area contributed by atoms with Gasteiger partial charge in [0, 0.05) is 10.6 Å². The zero-order valence-electron chi connectivity index (χ0n) is 18.1. The van der Waals surface area contributed by atoms with Crippen molar-refractivity contribution in [1.29, 1.82) is 0 Å². The van der Waals surface area contributed by atoms with Gasteiger partial charge in [-0.05, 0) is 43.3 Å². The Labute approximate surface area is 201 Å². The highest BCUT2D eigenvalue weighted by molar-refractivity contribution is 8.00. The van der Waals surface area contributed by atoms with E-state index < -0.39 is 0 Å². The van der Waals surface area contributed by atoms with Crippen LogP contribution in [0.2, 0.25) is 0 Å². The van der Waals surface area contributed by atoms with E-state index in [9.17, 15) is 14.4 Å². The number of carbonyl (C=O) groups is 3. The van der Waals surface area contributed by atoms with E-state index in [0.717, 1.165) is 16.1 Å². The Bertz CT molecular complexity index is 1070. The fourth-order valence-corrected chi connectivity index (χ4v) is 4.20. The number of benzene rings is 2. The van der Waals surface area contributed by atoms with Gasteiger partial charge in [0.25, 0.3) is 0 Å². The first-order chi connectivity index (χ1) is 16.0. The highest BCUT2D eigenvalue weighted by Crippen LogP contribution is 2.27. The van der Waals surface area contributed by atoms with Gasteiger partial charge in [-0.2, -0.15) is 0 Å². The number of aryl methyl sites for hydroxylation is 1. The molecule has 0 saturated carbocycles. The lowest BCUT2D eigenvalue weighted by Crippen LogP contribution is -2.24. The minimum Gasteiger partial charge on any atom is -0.467 e. The van der Waals surface area contributed by atoms with Crippen LogP contribution in [0.4, 0.5) is 11.4 Å². The number of amides is 3. The summed E-state index contributed by atoms with van der Waals surface area (Å²) in [6.07, 6.45) is 1.56. The molecule has 3 amide bonds. The fourth-order valence-electron chi connectivity index (χ4n) is 2.75. The third-order valence-electron chi connectivity index (χ3n) is 4.36. The van der Waals surface area contributed by atoms with Gasteiger partial charge >= 0.3 is 0 Å². The summed E-state index contributed by atoms with van der Waals surface area (Å²) in [5.41, 5.74) is 2.48. The van der Waals surface area contributed by atoms with Gasteiger partial charge in [-0.1, -0.05) is 29.8 Å². The average molecular weight is 484 g/mol. The summed E-state index contributed by atoms with van der Waals surface area (Å²) in [5, 5.41) is 8.46. The fraction of sp³-hybridized carbons (Fsp3) is 0.208. The Morgan fingerprint density at radius 1 is 0.818 bits per heavy atom. The molecule has 9 heteroatoms. The third kappa shape index (κ3) is 8.70. The normalized spacial score (nSPS) is 10.5. The Balaban J connectivity index is 1.39. The van der Waals surface area contributed by atoms with Gasteiger partial charge < -0.3 is 20.4 Å². The average Bonchev–Trinajstić information content (AvgIpc) is 3.32. The first-order valence-corrected chi connectivity index (χ1v) is 12.4. The Hall–Kier alpha value is -3.17. The molecule has 1 aromatic heterocycles. The van der Waals surface area contributed by atoms with Crippen LogP contribution in [-0.4, -0.2) is 35.0 Å². The number of hydrogen-bond donors (Lipinski definition) is 3. The molecule has 0 atom stereocenters. The number of carbonyl (C=O) groups excluding carboxylic acids is 3. The highest BCUT2D eigenvalue weighted by atomic mass is 32.2. The summed E-state index contributed by atoms with van der Waals surface area (Å²) in [7, 11) is 0. The maximum Gasteiger partial charge on any atom is 0.234 e. The van der Waals surface area contributed by atoms with Crippen LogP contribution in [0, 0.1) is 6.92 Å². The Kier molecular flexibility index (Phi) is 9.46. The molecule has 0 unspecified atom stereocenters. The van der Waals surface area contributed by atoms with E-state index in [1.165, 1.54) is 23.5 Å². The molecule has 0 bridgehead atoms. The van der Waals surface area contributed by atoms with Gasteiger partial charge in [0.1, 0.15) is 5.76 Å². The maximum atomic E-state index is 12.4. The second-order valence-corrected chi connectivity index (χ2v) is 9.10. The summed E-state index contributed by atoms with van der Waals surface area (Å²) in [5.74, 6) is 0.712. The molecular formula is C24H25N3O4S2. The van der Waals surface area contributed by atoms with Crippen LogP contribution < -0.4 is 16.0 Å². The largest absolute Gasteiger partial charge is 0.467 e. The van der Waals surface area contributed by atoms with Crippen LogP contribution in [0.3, 0.4) is 0 Å². The maximum absolute atomic E-state index is 12.4. The molecule has 0 radical (unpaired) electrons. The molecular weight excluding hydrogens is 458 g/mol. The summed E-state index contributed by atoms with van der Waals surface area (Å²) in [6.45, 7) is 2.31. The molecule has 3 aromatic rings. The Morgan fingerprint density at radius 2 is 1.55 bits per heavy atom. The van der Waals surface area contributed by atoms with Crippen molar-refractivity contribution in [2.75, 3.05) is 27.9 Å². The summed E-state index contributed by atoms with van der Waals surface area (Å²) >= 11 is 2.57. The molecule has 0 fully saturated rings. The van der Waals surface area contributed by atoms with Gasteiger partial charge in [0.2, 0.25) is 17.7 Å². The number of para-hydroxylation sites is 1. The molecule has 7 nitrogen and oxygen atoms in total. The van der Waals surface area contributed by atoms with E-state index in [1.54, 1.807) is 24.5 Å². The van der Waals surface area contributed by atoms with E-state index in [0.29, 0.717) is 18.0 Å².